The molecule has 2 rings (SSSR count). The largest absolute Gasteiger partial charge is 0.335 e. The fraction of sp³-hybridized carbons (Fsp3) is 0.615. The Morgan fingerprint density at radius 2 is 1.67 bits per heavy atom. The van der Waals surface area contributed by atoms with Gasteiger partial charge >= 0.3 is 0 Å². The number of rotatable bonds is 5. The average molecular weight is 205 g/mol. The predicted molar refractivity (Wildman–Crippen MR) is 61.3 cm³/mol. The highest BCUT2D eigenvalue weighted by Gasteiger charge is 2.48. The van der Waals surface area contributed by atoms with Crippen LogP contribution in [-0.4, -0.2) is 23.9 Å². The van der Waals surface area contributed by atoms with Crippen LogP contribution in [0.15, 0.2) is 25.3 Å². The van der Waals surface area contributed by atoms with Gasteiger partial charge in [0.25, 0.3) is 0 Å². The lowest BCUT2D eigenvalue weighted by molar-refractivity contribution is -0.134. The zero-order valence-electron chi connectivity index (χ0n) is 9.19. The van der Waals surface area contributed by atoms with Crippen LogP contribution in [0.25, 0.3) is 0 Å². The minimum absolute atomic E-state index is 0.286. The maximum atomic E-state index is 12.1. The lowest BCUT2D eigenvalue weighted by Gasteiger charge is -2.23. The quantitative estimate of drug-likeness (QED) is 0.630. The van der Waals surface area contributed by atoms with E-state index in [1.54, 1.807) is 12.2 Å². The van der Waals surface area contributed by atoms with Gasteiger partial charge in [-0.1, -0.05) is 12.2 Å². The Morgan fingerprint density at radius 1 is 1.13 bits per heavy atom. The van der Waals surface area contributed by atoms with Crippen LogP contribution in [0.4, 0.5) is 0 Å². The molecule has 0 aromatic rings. The van der Waals surface area contributed by atoms with Gasteiger partial charge in [0.05, 0.1) is 0 Å². The van der Waals surface area contributed by atoms with Gasteiger partial charge in [-0.25, -0.2) is 0 Å². The van der Waals surface area contributed by atoms with Gasteiger partial charge in [-0.3, -0.25) is 4.79 Å². The second-order valence-electron chi connectivity index (χ2n) is 4.74. The molecule has 0 aromatic heterocycles. The highest BCUT2D eigenvalue weighted by Crippen LogP contribution is 2.54. The first-order chi connectivity index (χ1) is 7.26. The predicted octanol–water partition coefficient (Wildman–Crippen LogP) is 2.23. The summed E-state index contributed by atoms with van der Waals surface area (Å²) >= 11 is 0. The average Bonchev–Trinajstić information content (AvgIpc) is 2.84. The fourth-order valence-electron chi connectivity index (χ4n) is 2.74. The van der Waals surface area contributed by atoms with Crippen molar-refractivity contribution in [3.05, 3.63) is 25.3 Å². The Morgan fingerprint density at radius 3 is 2.13 bits per heavy atom. The van der Waals surface area contributed by atoms with E-state index in [0.29, 0.717) is 19.0 Å². The van der Waals surface area contributed by atoms with Crippen molar-refractivity contribution < 1.29 is 4.79 Å². The first kappa shape index (κ1) is 10.5. The Kier molecular flexibility index (Phi) is 2.94. The molecule has 2 heteroatoms. The normalized spacial score (nSPS) is 31.9. The smallest absolute Gasteiger partial charge is 0.226 e. The van der Waals surface area contributed by atoms with Crippen LogP contribution in [-0.2, 0) is 4.79 Å². The summed E-state index contributed by atoms with van der Waals surface area (Å²) in [7, 11) is 0. The minimum Gasteiger partial charge on any atom is -0.335 e. The lowest BCUT2D eigenvalue weighted by atomic mass is 10.0. The maximum absolute atomic E-state index is 12.1. The van der Waals surface area contributed by atoms with Gasteiger partial charge in [-0.15, -0.1) is 13.2 Å². The molecule has 2 nitrogen and oxygen atoms in total. The first-order valence-corrected chi connectivity index (χ1v) is 5.76. The van der Waals surface area contributed by atoms with Gasteiger partial charge in [0.1, 0.15) is 0 Å². The molecule has 15 heavy (non-hydrogen) atoms. The van der Waals surface area contributed by atoms with Gasteiger partial charge < -0.3 is 4.90 Å². The molecule has 0 spiro atoms. The molecule has 0 aliphatic heterocycles. The van der Waals surface area contributed by atoms with Gasteiger partial charge in [-0.2, -0.15) is 0 Å². The summed E-state index contributed by atoms with van der Waals surface area (Å²) in [6, 6.07) is 0. The van der Waals surface area contributed by atoms with Gasteiger partial charge in [-0.05, 0) is 31.1 Å². The number of carbonyl (C=O) groups excluding carboxylic acids is 1. The Balaban J connectivity index is 1.91. The number of carbonyl (C=O) groups is 1. The molecule has 2 aliphatic carbocycles. The number of nitrogens with zero attached hydrogens (tertiary/aromatic N) is 1. The minimum atomic E-state index is 0.286. The standard InChI is InChI=1S/C13H19NO/c1-3-5-14(6-4-2)13(15)12-8-10-7-11(10)9-12/h3-4,10-12H,1-2,5-9H2. The van der Waals surface area contributed by atoms with E-state index < -0.39 is 0 Å². The SMILES string of the molecule is C=CCN(CC=C)C(=O)C1CC2CC2C1. The lowest BCUT2D eigenvalue weighted by Crippen LogP contribution is -2.36. The summed E-state index contributed by atoms with van der Waals surface area (Å²) in [5.41, 5.74) is 0. The second-order valence-corrected chi connectivity index (χ2v) is 4.74. The van der Waals surface area contributed by atoms with Crippen molar-refractivity contribution in [2.75, 3.05) is 13.1 Å². The van der Waals surface area contributed by atoms with E-state index in [1.807, 2.05) is 4.90 Å². The van der Waals surface area contributed by atoms with E-state index in [-0.39, 0.29) is 5.92 Å². The van der Waals surface area contributed by atoms with E-state index >= 15 is 0 Å². The van der Waals surface area contributed by atoms with Crippen LogP contribution in [0, 0.1) is 17.8 Å². The zero-order chi connectivity index (χ0) is 10.8. The summed E-state index contributed by atoms with van der Waals surface area (Å²) < 4.78 is 0. The van der Waals surface area contributed by atoms with Gasteiger partial charge in [0, 0.05) is 19.0 Å². The maximum Gasteiger partial charge on any atom is 0.226 e. The molecule has 0 radical (unpaired) electrons. The molecular weight excluding hydrogens is 186 g/mol. The third-order valence-electron chi connectivity index (χ3n) is 3.60. The Hall–Kier alpha value is -1.05. The van der Waals surface area contributed by atoms with E-state index in [0.717, 1.165) is 24.7 Å². The van der Waals surface area contributed by atoms with Crippen LogP contribution in [0.5, 0.6) is 0 Å². The third-order valence-corrected chi connectivity index (χ3v) is 3.60. The molecule has 0 heterocycles. The molecule has 0 bridgehead atoms. The summed E-state index contributed by atoms with van der Waals surface area (Å²) in [5, 5.41) is 0. The number of fused-ring (bicyclic) bond motifs is 1. The van der Waals surface area contributed by atoms with Crippen LogP contribution < -0.4 is 0 Å². The summed E-state index contributed by atoms with van der Waals surface area (Å²) in [6.07, 6.45) is 7.18. The van der Waals surface area contributed by atoms with Crippen molar-refractivity contribution in [3.8, 4) is 0 Å². The molecule has 82 valence electrons. The molecule has 2 saturated carbocycles. The monoisotopic (exact) mass is 205 g/mol. The third kappa shape index (κ3) is 2.14. The first-order valence-electron chi connectivity index (χ1n) is 5.76. The van der Waals surface area contributed by atoms with Crippen molar-refractivity contribution in [1.82, 2.24) is 4.90 Å². The van der Waals surface area contributed by atoms with Crippen molar-refractivity contribution in [3.63, 3.8) is 0 Å². The Bertz CT molecular complexity index is 264. The van der Waals surface area contributed by atoms with E-state index in [2.05, 4.69) is 13.2 Å². The fourth-order valence-corrected chi connectivity index (χ4v) is 2.74. The molecule has 1 amide bonds. The number of hydrogen-bond donors (Lipinski definition) is 0. The molecule has 2 aliphatic rings. The van der Waals surface area contributed by atoms with Gasteiger partial charge in [0.2, 0.25) is 5.91 Å². The number of amides is 1. The van der Waals surface area contributed by atoms with E-state index in [9.17, 15) is 4.79 Å². The van der Waals surface area contributed by atoms with Crippen molar-refractivity contribution in [2.45, 2.75) is 19.3 Å². The second kappa shape index (κ2) is 4.21. The van der Waals surface area contributed by atoms with E-state index in [1.165, 1.54) is 6.42 Å². The highest BCUT2D eigenvalue weighted by molar-refractivity contribution is 5.79. The summed E-state index contributed by atoms with van der Waals surface area (Å²) in [5.74, 6) is 2.33. The zero-order valence-corrected chi connectivity index (χ0v) is 9.19. The van der Waals surface area contributed by atoms with E-state index in [4.69, 9.17) is 0 Å². The molecule has 0 saturated heterocycles. The summed E-state index contributed by atoms with van der Waals surface area (Å²) in [6.45, 7) is 8.67. The summed E-state index contributed by atoms with van der Waals surface area (Å²) in [4.78, 5) is 14.0. The molecule has 2 atom stereocenters. The van der Waals surface area contributed by atoms with Crippen molar-refractivity contribution >= 4 is 5.91 Å². The van der Waals surface area contributed by atoms with Crippen molar-refractivity contribution in [2.24, 2.45) is 17.8 Å². The van der Waals surface area contributed by atoms with Crippen molar-refractivity contribution in [1.29, 1.82) is 0 Å². The molecular formula is C13H19NO. The molecule has 0 aromatic carbocycles. The Labute approximate surface area is 91.6 Å². The number of hydrogen-bond acceptors (Lipinski definition) is 1. The molecule has 0 N–H and O–H groups in total. The highest BCUT2D eigenvalue weighted by atomic mass is 16.2. The van der Waals surface area contributed by atoms with Crippen LogP contribution in [0.3, 0.4) is 0 Å². The van der Waals surface area contributed by atoms with Gasteiger partial charge in [0.15, 0.2) is 0 Å². The van der Waals surface area contributed by atoms with Crippen LogP contribution >= 0.6 is 0 Å². The molecule has 2 fully saturated rings. The molecule has 2 unspecified atom stereocenters. The van der Waals surface area contributed by atoms with Crippen LogP contribution in [0.2, 0.25) is 0 Å². The topological polar surface area (TPSA) is 20.3 Å². The van der Waals surface area contributed by atoms with Crippen LogP contribution in [0.1, 0.15) is 19.3 Å².